The maximum Gasteiger partial charge on any atom is 0.307 e. The second-order valence-corrected chi connectivity index (χ2v) is 8.66. The zero-order valence-corrected chi connectivity index (χ0v) is 14.6. The molecule has 3 saturated carbocycles. The lowest BCUT2D eigenvalue weighted by molar-refractivity contribution is -0.155. The third-order valence-corrected chi connectivity index (χ3v) is 7.75. The molecule has 0 radical (unpaired) electrons. The van der Waals surface area contributed by atoms with Gasteiger partial charge < -0.3 is 10.2 Å². The number of rotatable bonds is 4. The minimum Gasteiger partial charge on any atom is -0.481 e. The fourth-order valence-corrected chi connectivity index (χ4v) is 6.37. The molecule has 134 valence electrons. The van der Waals surface area contributed by atoms with Gasteiger partial charge in [0.2, 0.25) is 0 Å². The summed E-state index contributed by atoms with van der Waals surface area (Å²) in [4.78, 5) is 35.3. The van der Waals surface area contributed by atoms with Crippen molar-refractivity contribution in [2.24, 2.45) is 34.5 Å². The van der Waals surface area contributed by atoms with Crippen LogP contribution >= 0.6 is 0 Å². The Hall–Kier alpha value is -1.39. The molecule has 2 N–H and O–H groups in total. The highest BCUT2D eigenvalue weighted by Crippen LogP contribution is 2.64. The van der Waals surface area contributed by atoms with Gasteiger partial charge in [-0.15, -0.1) is 0 Å². The van der Waals surface area contributed by atoms with Gasteiger partial charge in [-0.3, -0.25) is 14.4 Å². The SMILES string of the molecule is C[C@]12CC[C@H]3[C@@H](CCC(=O)[C@]3(C)CCC(=O)O)[C@@H]1CC[C@@H]2C(=O)O. The molecule has 0 aromatic heterocycles. The monoisotopic (exact) mass is 336 g/mol. The van der Waals surface area contributed by atoms with Crippen LogP contribution < -0.4 is 0 Å². The Kier molecular flexibility index (Phi) is 4.25. The van der Waals surface area contributed by atoms with Crippen molar-refractivity contribution in [3.63, 3.8) is 0 Å². The molecule has 3 aliphatic rings. The van der Waals surface area contributed by atoms with Gasteiger partial charge in [0.25, 0.3) is 0 Å². The van der Waals surface area contributed by atoms with E-state index >= 15 is 0 Å². The summed E-state index contributed by atoms with van der Waals surface area (Å²) >= 11 is 0. The van der Waals surface area contributed by atoms with Gasteiger partial charge in [0.1, 0.15) is 5.78 Å². The summed E-state index contributed by atoms with van der Waals surface area (Å²) in [6.45, 7) is 4.09. The normalized spacial score (nSPS) is 44.7. The molecule has 0 saturated heterocycles. The lowest BCUT2D eigenvalue weighted by Crippen LogP contribution is -2.52. The van der Waals surface area contributed by atoms with Gasteiger partial charge in [-0.25, -0.2) is 0 Å². The van der Waals surface area contributed by atoms with Crippen molar-refractivity contribution in [3.05, 3.63) is 0 Å². The molecule has 3 aliphatic carbocycles. The van der Waals surface area contributed by atoms with Crippen LogP contribution in [0.1, 0.15) is 65.2 Å². The number of ketones is 1. The van der Waals surface area contributed by atoms with Gasteiger partial charge in [-0.2, -0.15) is 0 Å². The van der Waals surface area contributed by atoms with Crippen LogP contribution in [0.3, 0.4) is 0 Å². The number of hydrogen-bond acceptors (Lipinski definition) is 3. The Labute approximate surface area is 142 Å². The zero-order chi connectivity index (χ0) is 17.7. The molecule has 3 rings (SSSR count). The van der Waals surface area contributed by atoms with Crippen molar-refractivity contribution in [3.8, 4) is 0 Å². The Morgan fingerprint density at radius 3 is 2.42 bits per heavy atom. The molecule has 5 heteroatoms. The molecular weight excluding hydrogens is 308 g/mol. The molecule has 0 aromatic carbocycles. The van der Waals surface area contributed by atoms with Crippen molar-refractivity contribution >= 4 is 17.7 Å². The fourth-order valence-electron chi connectivity index (χ4n) is 6.37. The number of fused-ring (bicyclic) bond motifs is 3. The number of carbonyl (C=O) groups is 3. The lowest BCUT2D eigenvalue weighted by atomic mass is 9.48. The first-order valence-electron chi connectivity index (χ1n) is 9.18. The summed E-state index contributed by atoms with van der Waals surface area (Å²) in [5.74, 6) is -0.659. The molecule has 0 unspecified atom stereocenters. The third kappa shape index (κ3) is 2.47. The minimum atomic E-state index is -0.849. The molecule has 24 heavy (non-hydrogen) atoms. The highest BCUT2D eigenvalue weighted by Gasteiger charge is 2.60. The van der Waals surface area contributed by atoms with Crippen molar-refractivity contribution in [2.75, 3.05) is 0 Å². The van der Waals surface area contributed by atoms with E-state index in [2.05, 4.69) is 6.92 Å². The molecule has 0 heterocycles. The van der Waals surface area contributed by atoms with E-state index in [0.29, 0.717) is 24.7 Å². The van der Waals surface area contributed by atoms with Gasteiger partial charge in [-0.1, -0.05) is 13.8 Å². The first-order valence-corrected chi connectivity index (χ1v) is 9.18. The number of hydrogen-bond donors (Lipinski definition) is 2. The number of aliphatic carboxylic acids is 2. The minimum absolute atomic E-state index is 0.0329. The van der Waals surface area contributed by atoms with Crippen molar-refractivity contribution in [1.29, 1.82) is 0 Å². The lowest BCUT2D eigenvalue weighted by Gasteiger charge is -2.55. The van der Waals surface area contributed by atoms with E-state index in [0.717, 1.165) is 32.1 Å². The molecule has 0 amide bonds. The first kappa shape index (κ1) is 17.4. The maximum absolute atomic E-state index is 12.6. The van der Waals surface area contributed by atoms with Gasteiger partial charge in [-0.05, 0) is 61.7 Å². The fraction of sp³-hybridized carbons (Fsp3) is 0.842. The van der Waals surface area contributed by atoms with Gasteiger partial charge in [0.05, 0.1) is 5.92 Å². The van der Waals surface area contributed by atoms with Crippen LogP contribution in [-0.2, 0) is 14.4 Å². The summed E-state index contributed by atoms with van der Waals surface area (Å²) in [5, 5.41) is 18.6. The smallest absolute Gasteiger partial charge is 0.307 e. The van der Waals surface area contributed by atoms with E-state index in [1.165, 1.54) is 0 Å². The van der Waals surface area contributed by atoms with Crippen LogP contribution in [-0.4, -0.2) is 27.9 Å². The van der Waals surface area contributed by atoms with Crippen LogP contribution in [0.25, 0.3) is 0 Å². The topological polar surface area (TPSA) is 91.7 Å². The van der Waals surface area contributed by atoms with Crippen molar-refractivity contribution in [2.45, 2.75) is 65.2 Å². The predicted octanol–water partition coefficient (Wildman–Crippen LogP) is 3.36. The number of carboxylic acids is 2. The molecule has 3 fully saturated rings. The molecule has 0 aromatic rings. The summed E-state index contributed by atoms with van der Waals surface area (Å²) in [5.41, 5.74) is -0.717. The standard InChI is InChI=1S/C19H28O5/c1-18-9-7-13-11(12(18)4-5-14(18)17(23)24)3-6-15(20)19(13,2)10-8-16(21)22/h11-14H,3-10H2,1-2H3,(H,21,22)(H,23,24)/t11-,12-,13-,14+,18-,19+/m0/s1. The van der Waals surface area contributed by atoms with Crippen LogP contribution in [0.4, 0.5) is 0 Å². The van der Waals surface area contributed by atoms with Gasteiger partial charge in [0, 0.05) is 18.3 Å². The Morgan fingerprint density at radius 2 is 1.79 bits per heavy atom. The number of carbonyl (C=O) groups excluding carboxylic acids is 1. The summed E-state index contributed by atoms with van der Waals surface area (Å²) in [6, 6.07) is 0. The largest absolute Gasteiger partial charge is 0.481 e. The summed E-state index contributed by atoms with van der Waals surface area (Å²) < 4.78 is 0. The van der Waals surface area contributed by atoms with Gasteiger partial charge in [0.15, 0.2) is 0 Å². The van der Waals surface area contributed by atoms with E-state index < -0.39 is 17.4 Å². The molecule has 0 spiro atoms. The van der Waals surface area contributed by atoms with Crippen molar-refractivity contribution in [1.82, 2.24) is 0 Å². The summed E-state index contributed by atoms with van der Waals surface area (Å²) in [7, 11) is 0. The highest BCUT2D eigenvalue weighted by atomic mass is 16.4. The molecular formula is C19H28O5. The van der Waals surface area contributed by atoms with E-state index in [-0.39, 0.29) is 29.5 Å². The van der Waals surface area contributed by atoms with Crippen molar-refractivity contribution < 1.29 is 24.6 Å². The van der Waals surface area contributed by atoms with E-state index in [1.54, 1.807) is 0 Å². The quantitative estimate of drug-likeness (QED) is 0.821. The first-order chi connectivity index (χ1) is 11.2. The maximum atomic E-state index is 12.6. The van der Waals surface area contributed by atoms with E-state index in [4.69, 9.17) is 5.11 Å². The Morgan fingerprint density at radius 1 is 1.08 bits per heavy atom. The van der Waals surface area contributed by atoms with E-state index in [9.17, 15) is 19.5 Å². The molecule has 0 aliphatic heterocycles. The van der Waals surface area contributed by atoms with Gasteiger partial charge >= 0.3 is 11.9 Å². The second-order valence-electron chi connectivity index (χ2n) is 8.66. The highest BCUT2D eigenvalue weighted by molar-refractivity contribution is 5.86. The van der Waals surface area contributed by atoms with Crippen LogP contribution in [0, 0.1) is 34.5 Å². The second kappa shape index (κ2) is 5.85. The summed E-state index contributed by atoms with van der Waals surface area (Å²) in [6.07, 6.45) is 5.16. The number of carboxylic acid groups (broad SMARTS) is 2. The zero-order valence-electron chi connectivity index (χ0n) is 14.6. The molecule has 6 atom stereocenters. The van der Waals surface area contributed by atoms with Crippen LogP contribution in [0.15, 0.2) is 0 Å². The van der Waals surface area contributed by atoms with Crippen LogP contribution in [0.5, 0.6) is 0 Å². The average molecular weight is 336 g/mol. The van der Waals surface area contributed by atoms with E-state index in [1.807, 2.05) is 6.92 Å². The predicted molar refractivity (Wildman–Crippen MR) is 87.4 cm³/mol. The Balaban J connectivity index is 1.87. The number of Topliss-reactive ketones (excluding diaryl/α,β-unsaturated/α-hetero) is 1. The average Bonchev–Trinajstić information content (AvgIpc) is 2.86. The molecule has 0 bridgehead atoms. The molecule has 5 nitrogen and oxygen atoms in total. The van der Waals surface area contributed by atoms with Crippen LogP contribution in [0.2, 0.25) is 0 Å². The third-order valence-electron chi connectivity index (χ3n) is 7.75. The Bertz CT molecular complexity index is 570.